The molecule has 0 atom stereocenters. The predicted molar refractivity (Wildman–Crippen MR) is 64.5 cm³/mol. The van der Waals surface area contributed by atoms with Crippen LogP contribution in [0.3, 0.4) is 0 Å². The molecular weight excluding hydrogens is 242 g/mol. The monoisotopic (exact) mass is 257 g/mol. The average Bonchev–Trinajstić information content (AvgIpc) is 2.26. The molecule has 17 heavy (non-hydrogen) atoms. The van der Waals surface area contributed by atoms with E-state index in [1.165, 1.54) is 7.05 Å². The van der Waals surface area contributed by atoms with E-state index in [1.54, 1.807) is 24.5 Å². The zero-order valence-corrected chi connectivity index (χ0v) is 10.7. The van der Waals surface area contributed by atoms with Crippen LogP contribution in [0.1, 0.15) is 1.43 Å². The summed E-state index contributed by atoms with van der Waals surface area (Å²) < 4.78 is 4.97. The minimum absolute atomic E-state index is 0. The van der Waals surface area contributed by atoms with Crippen LogP contribution in [0.5, 0.6) is 5.75 Å². The second kappa shape index (κ2) is 7.51. The minimum Gasteiger partial charge on any atom is -1.00 e. The SMILES string of the molecule is CNC(=O)Oc1cccc(N=CN(C)C)c1.[Cl-].[H+]. The summed E-state index contributed by atoms with van der Waals surface area (Å²) in [7, 11) is 5.28. The second-order valence-corrected chi connectivity index (χ2v) is 3.35. The van der Waals surface area contributed by atoms with E-state index in [2.05, 4.69) is 10.3 Å². The molecule has 94 valence electrons. The first-order chi connectivity index (χ1) is 7.61. The van der Waals surface area contributed by atoms with Crippen LogP contribution >= 0.6 is 0 Å². The smallest absolute Gasteiger partial charge is 1.00 e. The van der Waals surface area contributed by atoms with Crippen LogP contribution in [-0.2, 0) is 0 Å². The van der Waals surface area contributed by atoms with Crippen molar-refractivity contribution in [1.29, 1.82) is 0 Å². The lowest BCUT2D eigenvalue weighted by atomic mass is 10.3. The molecule has 0 aliphatic carbocycles. The van der Waals surface area contributed by atoms with Crippen molar-refractivity contribution in [2.75, 3.05) is 21.1 Å². The van der Waals surface area contributed by atoms with Gasteiger partial charge in [-0.05, 0) is 12.1 Å². The lowest BCUT2D eigenvalue weighted by molar-refractivity contribution is -0.00000840. The normalized spacial score (nSPS) is 9.59. The maximum Gasteiger partial charge on any atom is 1.00 e. The number of nitrogens with one attached hydrogen (secondary N) is 1. The number of nitrogens with zero attached hydrogens (tertiary/aromatic N) is 2. The van der Waals surface area contributed by atoms with E-state index in [1.807, 2.05) is 25.1 Å². The van der Waals surface area contributed by atoms with Gasteiger partial charge in [-0.25, -0.2) is 9.79 Å². The maximum absolute atomic E-state index is 11.0. The van der Waals surface area contributed by atoms with Crippen LogP contribution in [0.15, 0.2) is 29.3 Å². The first-order valence-corrected chi connectivity index (χ1v) is 4.82. The Morgan fingerprint density at radius 3 is 2.82 bits per heavy atom. The van der Waals surface area contributed by atoms with Gasteiger partial charge in [-0.3, -0.25) is 0 Å². The van der Waals surface area contributed by atoms with Crippen molar-refractivity contribution in [3.8, 4) is 5.75 Å². The van der Waals surface area contributed by atoms with Crippen LogP contribution < -0.4 is 22.5 Å². The molecular formula is C11H16ClN3O2. The summed E-state index contributed by atoms with van der Waals surface area (Å²) in [6.07, 6.45) is 1.19. The third kappa shape index (κ3) is 5.77. The van der Waals surface area contributed by atoms with Crippen LogP contribution in [0.25, 0.3) is 0 Å². The molecule has 0 aliphatic heterocycles. The van der Waals surface area contributed by atoms with Gasteiger partial charge in [-0.1, -0.05) is 6.07 Å². The summed E-state index contributed by atoms with van der Waals surface area (Å²) >= 11 is 0. The van der Waals surface area contributed by atoms with E-state index in [-0.39, 0.29) is 13.8 Å². The Labute approximate surface area is 108 Å². The Morgan fingerprint density at radius 1 is 1.53 bits per heavy atom. The van der Waals surface area contributed by atoms with Crippen molar-refractivity contribution in [2.24, 2.45) is 4.99 Å². The van der Waals surface area contributed by atoms with Crippen molar-refractivity contribution < 1.29 is 23.4 Å². The van der Waals surface area contributed by atoms with Gasteiger partial charge in [0.05, 0.1) is 12.0 Å². The van der Waals surface area contributed by atoms with Gasteiger partial charge < -0.3 is 27.4 Å². The van der Waals surface area contributed by atoms with E-state index >= 15 is 0 Å². The summed E-state index contributed by atoms with van der Waals surface area (Å²) in [6, 6.07) is 7.00. The summed E-state index contributed by atoms with van der Waals surface area (Å²) in [5.41, 5.74) is 0.732. The fourth-order valence-corrected chi connectivity index (χ4v) is 0.968. The zero-order chi connectivity index (χ0) is 12.0. The molecule has 1 N–H and O–H groups in total. The largest absolute Gasteiger partial charge is 1.00 e. The first kappa shape index (κ1) is 15.2. The molecule has 0 spiro atoms. The molecule has 0 fully saturated rings. The quantitative estimate of drug-likeness (QED) is 0.544. The van der Waals surface area contributed by atoms with Crippen LogP contribution in [0, 0.1) is 0 Å². The molecule has 5 nitrogen and oxygen atoms in total. The van der Waals surface area contributed by atoms with E-state index in [0.717, 1.165) is 5.69 Å². The number of benzene rings is 1. The molecule has 1 amide bonds. The van der Waals surface area contributed by atoms with Gasteiger partial charge in [-0.15, -0.1) is 0 Å². The highest BCUT2D eigenvalue weighted by atomic mass is 35.5. The Balaban J connectivity index is 0. The van der Waals surface area contributed by atoms with Crippen molar-refractivity contribution in [3.05, 3.63) is 24.3 Å². The summed E-state index contributed by atoms with van der Waals surface area (Å²) in [5, 5.41) is 2.38. The fraction of sp³-hybridized carbons (Fsp3) is 0.273. The molecule has 6 heteroatoms. The number of hydrogen-bond acceptors (Lipinski definition) is 3. The number of halogens is 1. The van der Waals surface area contributed by atoms with Crippen molar-refractivity contribution >= 4 is 18.1 Å². The van der Waals surface area contributed by atoms with Gasteiger partial charge in [0.1, 0.15) is 5.75 Å². The third-order valence-corrected chi connectivity index (χ3v) is 1.67. The highest BCUT2D eigenvalue weighted by Crippen LogP contribution is 2.19. The van der Waals surface area contributed by atoms with Crippen LogP contribution in [-0.4, -0.2) is 38.5 Å². The molecule has 1 aromatic carbocycles. The molecule has 1 rings (SSSR count). The second-order valence-electron chi connectivity index (χ2n) is 3.35. The third-order valence-electron chi connectivity index (χ3n) is 1.67. The Morgan fingerprint density at radius 2 is 2.24 bits per heavy atom. The summed E-state index contributed by atoms with van der Waals surface area (Å²) in [4.78, 5) is 17.0. The van der Waals surface area contributed by atoms with Gasteiger partial charge in [-0.2, -0.15) is 0 Å². The lowest BCUT2D eigenvalue weighted by Gasteiger charge is -2.05. The average molecular weight is 258 g/mol. The summed E-state index contributed by atoms with van der Waals surface area (Å²) in [5.74, 6) is 0.466. The molecule has 0 aromatic heterocycles. The Hall–Kier alpha value is -1.75. The van der Waals surface area contributed by atoms with E-state index < -0.39 is 6.09 Å². The van der Waals surface area contributed by atoms with Crippen LogP contribution in [0.2, 0.25) is 0 Å². The molecule has 1 aromatic rings. The van der Waals surface area contributed by atoms with Crippen molar-refractivity contribution in [2.45, 2.75) is 0 Å². The van der Waals surface area contributed by atoms with E-state index in [0.29, 0.717) is 5.75 Å². The number of hydrogen-bond donors (Lipinski definition) is 1. The molecule has 0 aliphatic rings. The standard InChI is InChI=1S/C11H15N3O2.ClH/c1-12-11(15)16-10-6-4-5-9(7-10)13-8-14(2)3;/h4-8H,1-3H3,(H,12,15);1H. The van der Waals surface area contributed by atoms with E-state index in [4.69, 9.17) is 4.74 Å². The Kier molecular flexibility index (Phi) is 6.74. The first-order valence-electron chi connectivity index (χ1n) is 4.82. The van der Waals surface area contributed by atoms with Gasteiger partial charge in [0, 0.05) is 27.2 Å². The number of ether oxygens (including phenoxy) is 1. The molecule has 0 bridgehead atoms. The van der Waals surface area contributed by atoms with Gasteiger partial charge in [0.15, 0.2) is 0 Å². The van der Waals surface area contributed by atoms with E-state index in [9.17, 15) is 4.79 Å². The molecule has 0 radical (unpaired) electrons. The number of carbonyl (C=O) groups excluding carboxylic acids is 1. The van der Waals surface area contributed by atoms with Crippen molar-refractivity contribution in [3.63, 3.8) is 0 Å². The molecule has 0 heterocycles. The zero-order valence-electron chi connectivity index (χ0n) is 11.0. The fourth-order valence-electron chi connectivity index (χ4n) is 0.968. The minimum atomic E-state index is -0.492. The molecule has 0 saturated carbocycles. The molecule has 0 saturated heterocycles. The lowest BCUT2D eigenvalue weighted by Crippen LogP contribution is -3.00. The number of amides is 1. The highest BCUT2D eigenvalue weighted by molar-refractivity contribution is 5.70. The van der Waals surface area contributed by atoms with Gasteiger partial charge >= 0.3 is 7.52 Å². The summed E-state index contributed by atoms with van der Waals surface area (Å²) in [6.45, 7) is 0. The number of aliphatic imine (C=N–C) groups is 1. The predicted octanol–water partition coefficient (Wildman–Crippen LogP) is -1.26. The van der Waals surface area contributed by atoms with Gasteiger partial charge in [0.25, 0.3) is 0 Å². The molecule has 0 unspecified atom stereocenters. The van der Waals surface area contributed by atoms with Crippen molar-refractivity contribution in [1.82, 2.24) is 10.2 Å². The van der Waals surface area contributed by atoms with Crippen LogP contribution in [0.4, 0.5) is 10.5 Å². The maximum atomic E-state index is 11.0. The highest BCUT2D eigenvalue weighted by Gasteiger charge is 2.01. The van der Waals surface area contributed by atoms with Gasteiger partial charge in [0.2, 0.25) is 0 Å². The number of rotatable bonds is 3. The number of carbonyl (C=O) groups is 1. The topological polar surface area (TPSA) is 53.9 Å². The Bertz CT molecular complexity index is 400.